The third-order valence-corrected chi connectivity index (χ3v) is 8.97. The number of furan rings is 1. The van der Waals surface area contributed by atoms with Crippen LogP contribution in [0.5, 0.6) is 0 Å². The first kappa shape index (κ1) is 26.3. The number of fused-ring (bicyclic) bond motifs is 4. The molecule has 3 nitrogen and oxygen atoms in total. The number of hydrogen-bond acceptors (Lipinski definition) is 2. The summed E-state index contributed by atoms with van der Waals surface area (Å²) in [5.74, 6) is 0. The summed E-state index contributed by atoms with van der Waals surface area (Å²) in [5, 5.41) is 12.5. The molecule has 2 heterocycles. The van der Waals surface area contributed by atoms with Crippen LogP contribution in [0.25, 0.3) is 44.3 Å². The van der Waals surface area contributed by atoms with Gasteiger partial charge in [0, 0.05) is 28.5 Å². The van der Waals surface area contributed by atoms with Crippen molar-refractivity contribution in [3.8, 4) is 28.5 Å². The van der Waals surface area contributed by atoms with Gasteiger partial charge in [-0.2, -0.15) is 5.26 Å². The van der Waals surface area contributed by atoms with Crippen molar-refractivity contribution in [2.75, 3.05) is 0 Å². The zero-order valence-electron chi connectivity index (χ0n) is 25.3. The van der Waals surface area contributed by atoms with Gasteiger partial charge in [-0.05, 0) is 75.6 Å². The summed E-state index contributed by atoms with van der Waals surface area (Å²) >= 11 is 0. The highest BCUT2D eigenvalue weighted by Gasteiger charge is 2.46. The molecule has 3 heteroatoms. The second kappa shape index (κ2) is 8.55. The van der Waals surface area contributed by atoms with Gasteiger partial charge in [-0.15, -0.1) is 0 Å². The van der Waals surface area contributed by atoms with Gasteiger partial charge < -0.3 is 4.42 Å². The molecule has 0 fully saturated rings. The number of hydrogen-bond donors (Lipinski definition) is 0. The normalized spacial score (nSPS) is 15.9. The Morgan fingerprint density at radius 1 is 0.825 bits per heavy atom. The average Bonchev–Trinajstić information content (AvgIpc) is 3.34. The molecule has 5 aromatic rings. The van der Waals surface area contributed by atoms with Gasteiger partial charge >= 0.3 is 0 Å². The predicted molar refractivity (Wildman–Crippen MR) is 165 cm³/mol. The van der Waals surface area contributed by atoms with Gasteiger partial charge in [-0.3, -0.25) is 0 Å². The van der Waals surface area contributed by atoms with E-state index >= 15 is 0 Å². The molecule has 1 aliphatic carbocycles. The molecule has 0 bridgehead atoms. The molecule has 3 aromatic carbocycles. The molecule has 2 aromatic heterocycles. The minimum Gasteiger partial charge on any atom is -0.454 e. The number of benzene rings is 3. The Labute approximate surface area is 238 Å². The Morgan fingerprint density at radius 2 is 1.48 bits per heavy atom. The van der Waals surface area contributed by atoms with Gasteiger partial charge in [-0.1, -0.05) is 72.7 Å². The van der Waals surface area contributed by atoms with Gasteiger partial charge in [-0.25, -0.2) is 4.57 Å². The molecule has 0 radical (unpaired) electrons. The number of pyridine rings is 1. The molecule has 0 unspecified atom stereocenters. The SMILES string of the molecule is Cc1ccc2c(oc3c(-c4ccc(C(C)(C)C)c5c4C(C)(C)CC5(C)C)c(C#N)ccc32)c1-c1cccc[n+]1C. The number of aromatic nitrogens is 1. The third kappa shape index (κ3) is 3.73. The molecule has 0 N–H and O–H groups in total. The standard InChI is InChI=1S/C37H39N2O/c1-22-13-15-24-25-16-14-23(20-38)30(34(25)40-33(24)29(22)28-12-10-11-19-39(28)9)26-17-18-27(35(2,3)4)32-31(26)36(5,6)21-37(32,7)8/h10-19H,21H2,1-9H3/q+1. The molecule has 0 amide bonds. The minimum absolute atomic E-state index is 0.0152. The van der Waals surface area contributed by atoms with Crippen LogP contribution in [0.3, 0.4) is 0 Å². The van der Waals surface area contributed by atoms with Gasteiger partial charge in [0.05, 0.1) is 17.2 Å². The van der Waals surface area contributed by atoms with Crippen LogP contribution in [0.2, 0.25) is 0 Å². The van der Waals surface area contributed by atoms with E-state index in [-0.39, 0.29) is 16.2 Å². The van der Waals surface area contributed by atoms with Crippen molar-refractivity contribution in [1.29, 1.82) is 5.26 Å². The van der Waals surface area contributed by atoms with Crippen LogP contribution in [0, 0.1) is 18.3 Å². The van der Waals surface area contributed by atoms with E-state index in [2.05, 4.69) is 122 Å². The molecule has 40 heavy (non-hydrogen) atoms. The first-order chi connectivity index (χ1) is 18.8. The number of nitriles is 1. The molecular weight excluding hydrogens is 488 g/mol. The summed E-state index contributed by atoms with van der Waals surface area (Å²) in [6.45, 7) is 18.5. The van der Waals surface area contributed by atoms with Crippen LogP contribution in [0.15, 0.2) is 65.2 Å². The lowest BCUT2D eigenvalue weighted by Crippen LogP contribution is -2.30. The van der Waals surface area contributed by atoms with Crippen molar-refractivity contribution in [2.24, 2.45) is 7.05 Å². The van der Waals surface area contributed by atoms with Gasteiger partial charge in [0.15, 0.2) is 6.20 Å². The van der Waals surface area contributed by atoms with Crippen LogP contribution >= 0.6 is 0 Å². The van der Waals surface area contributed by atoms with Crippen molar-refractivity contribution < 1.29 is 8.98 Å². The lowest BCUT2D eigenvalue weighted by atomic mass is 9.74. The molecule has 0 atom stereocenters. The Kier molecular flexibility index (Phi) is 5.63. The molecule has 0 spiro atoms. The van der Waals surface area contributed by atoms with E-state index in [0.717, 1.165) is 56.3 Å². The molecule has 0 saturated heterocycles. The van der Waals surface area contributed by atoms with Crippen molar-refractivity contribution >= 4 is 21.9 Å². The summed E-state index contributed by atoms with van der Waals surface area (Å²) in [4.78, 5) is 0. The van der Waals surface area contributed by atoms with Crippen molar-refractivity contribution in [3.63, 3.8) is 0 Å². The smallest absolute Gasteiger partial charge is 0.216 e. The number of nitrogens with zero attached hydrogens (tertiary/aromatic N) is 2. The third-order valence-electron chi connectivity index (χ3n) is 8.97. The van der Waals surface area contributed by atoms with Crippen LogP contribution in [0.1, 0.15) is 82.7 Å². The van der Waals surface area contributed by atoms with Gasteiger partial charge in [0.1, 0.15) is 18.2 Å². The maximum absolute atomic E-state index is 10.4. The summed E-state index contributed by atoms with van der Waals surface area (Å²) in [6.07, 6.45) is 3.13. The zero-order chi connectivity index (χ0) is 28.8. The molecule has 6 rings (SSSR count). The van der Waals surface area contributed by atoms with Crippen LogP contribution in [0.4, 0.5) is 0 Å². The van der Waals surface area contributed by atoms with Crippen LogP contribution < -0.4 is 4.57 Å². The lowest BCUT2D eigenvalue weighted by Gasteiger charge is -2.30. The first-order valence-electron chi connectivity index (χ1n) is 14.3. The molecule has 0 aliphatic heterocycles. The minimum atomic E-state index is -0.0458. The Hall–Kier alpha value is -3.90. The van der Waals surface area contributed by atoms with Gasteiger partial charge in [0.25, 0.3) is 0 Å². The Morgan fingerprint density at radius 3 is 2.12 bits per heavy atom. The van der Waals surface area contributed by atoms with Crippen molar-refractivity contribution in [1.82, 2.24) is 0 Å². The fourth-order valence-electron chi connectivity index (χ4n) is 7.59. The van der Waals surface area contributed by atoms with E-state index in [0.29, 0.717) is 5.56 Å². The quantitative estimate of drug-likeness (QED) is 0.215. The van der Waals surface area contributed by atoms with Crippen molar-refractivity contribution in [3.05, 3.63) is 88.6 Å². The highest BCUT2D eigenvalue weighted by Crippen LogP contribution is 2.56. The van der Waals surface area contributed by atoms with E-state index in [9.17, 15) is 5.26 Å². The highest BCUT2D eigenvalue weighted by atomic mass is 16.3. The van der Waals surface area contributed by atoms with E-state index in [1.165, 1.54) is 16.7 Å². The number of rotatable bonds is 2. The van der Waals surface area contributed by atoms with E-state index < -0.39 is 0 Å². The topological polar surface area (TPSA) is 40.8 Å². The summed E-state index contributed by atoms with van der Waals surface area (Å²) in [6, 6.07) is 21.7. The maximum atomic E-state index is 10.4. The molecule has 202 valence electrons. The maximum Gasteiger partial charge on any atom is 0.216 e. The molecule has 1 aliphatic rings. The lowest BCUT2D eigenvalue weighted by molar-refractivity contribution is -0.660. The Balaban J connectivity index is 1.77. The summed E-state index contributed by atoms with van der Waals surface area (Å²) in [7, 11) is 2.07. The highest BCUT2D eigenvalue weighted by molar-refractivity contribution is 6.14. The van der Waals surface area contributed by atoms with E-state index in [1.54, 1.807) is 0 Å². The van der Waals surface area contributed by atoms with Crippen molar-refractivity contribution in [2.45, 2.75) is 78.1 Å². The second-order valence-electron chi connectivity index (χ2n) is 14.0. The fraction of sp³-hybridized carbons (Fsp3) is 0.351. The van der Waals surface area contributed by atoms with Crippen LogP contribution in [-0.2, 0) is 23.3 Å². The zero-order valence-corrected chi connectivity index (χ0v) is 25.3. The monoisotopic (exact) mass is 527 g/mol. The largest absolute Gasteiger partial charge is 0.454 e. The van der Waals surface area contributed by atoms with E-state index in [4.69, 9.17) is 4.42 Å². The molecule has 0 saturated carbocycles. The van der Waals surface area contributed by atoms with Gasteiger partial charge in [0.2, 0.25) is 5.69 Å². The summed E-state index contributed by atoms with van der Waals surface area (Å²) in [5.41, 5.74) is 11.9. The summed E-state index contributed by atoms with van der Waals surface area (Å²) < 4.78 is 9.05. The second-order valence-corrected chi connectivity index (χ2v) is 14.0. The predicted octanol–water partition coefficient (Wildman–Crippen LogP) is 9.18. The average molecular weight is 528 g/mol. The Bertz CT molecular complexity index is 1890. The first-order valence-corrected chi connectivity index (χ1v) is 14.3. The van der Waals surface area contributed by atoms with E-state index in [1.807, 2.05) is 12.1 Å². The fourth-order valence-corrected chi connectivity index (χ4v) is 7.59. The molecular formula is C37H39N2O+. The number of aryl methyl sites for hydroxylation is 2. The van der Waals surface area contributed by atoms with Crippen LogP contribution in [-0.4, -0.2) is 0 Å².